The van der Waals surface area contributed by atoms with Gasteiger partial charge in [0, 0.05) is 32.1 Å². The zero-order valence-electron chi connectivity index (χ0n) is 13.6. The normalized spacial score (nSPS) is 19.0. The lowest BCUT2D eigenvalue weighted by atomic mass is 10.1. The summed E-state index contributed by atoms with van der Waals surface area (Å²) in [6, 6.07) is 0.332. The molecule has 1 aliphatic carbocycles. The van der Waals surface area contributed by atoms with Gasteiger partial charge in [0.1, 0.15) is 0 Å². The van der Waals surface area contributed by atoms with E-state index in [2.05, 4.69) is 10.6 Å². The number of thioether (sulfide) groups is 1. The minimum absolute atomic E-state index is 0.0219. The lowest BCUT2D eigenvalue weighted by Gasteiger charge is -2.26. The molecule has 0 spiro atoms. The van der Waals surface area contributed by atoms with Crippen molar-refractivity contribution >= 4 is 29.5 Å². The number of hydrogen-bond acceptors (Lipinski definition) is 4. The number of carbonyl (C=O) groups is 3. The number of nitrogens with one attached hydrogen (secondary N) is 2. The molecule has 2 aliphatic rings. The molecule has 23 heavy (non-hydrogen) atoms. The zero-order chi connectivity index (χ0) is 16.5. The highest BCUT2D eigenvalue weighted by Crippen LogP contribution is 2.17. The molecule has 2 fully saturated rings. The van der Waals surface area contributed by atoms with Crippen LogP contribution in [0.5, 0.6) is 0 Å². The Bertz CT molecular complexity index is 425. The number of rotatable bonds is 8. The number of nitrogens with zero attached hydrogens (tertiary/aromatic N) is 1. The van der Waals surface area contributed by atoms with E-state index in [0.717, 1.165) is 32.2 Å². The van der Waals surface area contributed by atoms with Gasteiger partial charge >= 0.3 is 0 Å². The summed E-state index contributed by atoms with van der Waals surface area (Å²) in [5.74, 6) is 0.741. The summed E-state index contributed by atoms with van der Waals surface area (Å²) in [6.45, 7) is 1.86. The van der Waals surface area contributed by atoms with E-state index in [0.29, 0.717) is 31.3 Å². The molecule has 130 valence electrons. The second kappa shape index (κ2) is 9.80. The monoisotopic (exact) mass is 341 g/mol. The van der Waals surface area contributed by atoms with Gasteiger partial charge in [0.05, 0.1) is 11.5 Å². The number of carbonyl (C=O) groups excluding carboxylic acids is 3. The molecule has 3 amide bonds. The number of hydrogen-bond donors (Lipinski definition) is 2. The first kappa shape index (κ1) is 18.1. The Morgan fingerprint density at radius 3 is 2.57 bits per heavy atom. The van der Waals surface area contributed by atoms with Crippen molar-refractivity contribution in [2.45, 2.75) is 51.0 Å². The van der Waals surface area contributed by atoms with E-state index in [-0.39, 0.29) is 23.5 Å². The van der Waals surface area contributed by atoms with Gasteiger partial charge in [0.25, 0.3) is 0 Å². The van der Waals surface area contributed by atoms with Crippen LogP contribution in [0.25, 0.3) is 0 Å². The Balaban J connectivity index is 1.49. The summed E-state index contributed by atoms with van der Waals surface area (Å²) in [5.41, 5.74) is 0. The highest BCUT2D eigenvalue weighted by atomic mass is 32.2. The minimum atomic E-state index is -0.0758. The predicted octanol–water partition coefficient (Wildman–Crippen LogP) is 0.907. The molecule has 1 saturated carbocycles. The van der Waals surface area contributed by atoms with Gasteiger partial charge in [-0.2, -0.15) is 0 Å². The van der Waals surface area contributed by atoms with E-state index in [4.69, 9.17) is 0 Å². The second-order valence-corrected chi connectivity index (χ2v) is 7.22. The Morgan fingerprint density at radius 2 is 1.83 bits per heavy atom. The average Bonchev–Trinajstić information content (AvgIpc) is 3.02. The van der Waals surface area contributed by atoms with Gasteiger partial charge in [0.2, 0.25) is 17.7 Å². The van der Waals surface area contributed by atoms with E-state index in [1.165, 1.54) is 24.6 Å². The van der Waals surface area contributed by atoms with Crippen LogP contribution < -0.4 is 10.6 Å². The minimum Gasteiger partial charge on any atom is -0.354 e. The average molecular weight is 341 g/mol. The molecule has 2 rings (SSSR count). The molecule has 0 aromatic rings. The molecule has 0 radical (unpaired) electrons. The highest BCUT2D eigenvalue weighted by molar-refractivity contribution is 8.00. The SMILES string of the molecule is O=C(CSCC(=O)NC1CCCC1)NCCN1CCCCC1=O. The van der Waals surface area contributed by atoms with Crippen molar-refractivity contribution in [1.29, 1.82) is 0 Å². The summed E-state index contributed by atoms with van der Waals surface area (Å²) in [4.78, 5) is 36.9. The van der Waals surface area contributed by atoms with Crippen molar-refractivity contribution in [3.8, 4) is 0 Å². The lowest BCUT2D eigenvalue weighted by Crippen LogP contribution is -2.41. The van der Waals surface area contributed by atoms with Crippen LogP contribution in [0.3, 0.4) is 0 Å². The highest BCUT2D eigenvalue weighted by Gasteiger charge is 2.18. The van der Waals surface area contributed by atoms with Crippen LogP contribution in [0.2, 0.25) is 0 Å². The van der Waals surface area contributed by atoms with Crippen LogP contribution >= 0.6 is 11.8 Å². The predicted molar refractivity (Wildman–Crippen MR) is 91.2 cm³/mol. The fourth-order valence-corrected chi connectivity index (χ4v) is 3.71. The van der Waals surface area contributed by atoms with Gasteiger partial charge in [0.15, 0.2) is 0 Å². The molecule has 1 aliphatic heterocycles. The topological polar surface area (TPSA) is 78.5 Å². The third kappa shape index (κ3) is 6.81. The first-order valence-electron chi connectivity index (χ1n) is 8.57. The van der Waals surface area contributed by atoms with Gasteiger partial charge in [-0.25, -0.2) is 0 Å². The van der Waals surface area contributed by atoms with Gasteiger partial charge in [-0.1, -0.05) is 12.8 Å². The zero-order valence-corrected chi connectivity index (χ0v) is 14.5. The molecule has 2 N–H and O–H groups in total. The van der Waals surface area contributed by atoms with Gasteiger partial charge in [-0.05, 0) is 25.7 Å². The Kier molecular flexibility index (Phi) is 7.71. The quantitative estimate of drug-likeness (QED) is 0.688. The summed E-state index contributed by atoms with van der Waals surface area (Å²) in [6.07, 6.45) is 7.19. The molecular weight excluding hydrogens is 314 g/mol. The summed E-state index contributed by atoms with van der Waals surface area (Å²) >= 11 is 1.33. The summed E-state index contributed by atoms with van der Waals surface area (Å²) < 4.78 is 0. The molecule has 0 aromatic heterocycles. The molecule has 7 heteroatoms. The van der Waals surface area contributed by atoms with Crippen molar-refractivity contribution < 1.29 is 14.4 Å². The van der Waals surface area contributed by atoms with E-state index < -0.39 is 0 Å². The van der Waals surface area contributed by atoms with Crippen LogP contribution in [-0.4, -0.2) is 59.8 Å². The van der Waals surface area contributed by atoms with Crippen LogP contribution in [0.4, 0.5) is 0 Å². The van der Waals surface area contributed by atoms with Gasteiger partial charge in [-0.3, -0.25) is 14.4 Å². The summed E-state index contributed by atoms with van der Waals surface area (Å²) in [5, 5.41) is 5.82. The first-order chi connectivity index (χ1) is 11.1. The Morgan fingerprint density at radius 1 is 1.09 bits per heavy atom. The maximum absolute atomic E-state index is 11.7. The van der Waals surface area contributed by atoms with E-state index in [1.54, 1.807) is 0 Å². The molecule has 0 bridgehead atoms. The number of piperidine rings is 1. The van der Waals surface area contributed by atoms with Crippen LogP contribution in [0.1, 0.15) is 44.9 Å². The largest absolute Gasteiger partial charge is 0.354 e. The molecule has 0 unspecified atom stereocenters. The fraction of sp³-hybridized carbons (Fsp3) is 0.812. The van der Waals surface area contributed by atoms with Gasteiger partial charge in [-0.15, -0.1) is 11.8 Å². The molecule has 1 saturated heterocycles. The molecule has 0 aromatic carbocycles. The fourth-order valence-electron chi connectivity index (χ4n) is 3.06. The van der Waals surface area contributed by atoms with Crippen LogP contribution in [0, 0.1) is 0 Å². The maximum atomic E-state index is 11.7. The molecular formula is C16H27N3O3S. The standard InChI is InChI=1S/C16H27N3O3S/c20-14(17-8-10-19-9-4-3-7-16(19)22)11-23-12-15(21)18-13-5-1-2-6-13/h13H,1-12H2,(H,17,20)(H,18,21). The van der Waals surface area contributed by atoms with Crippen LogP contribution in [0.15, 0.2) is 0 Å². The van der Waals surface area contributed by atoms with Crippen molar-refractivity contribution in [1.82, 2.24) is 15.5 Å². The third-order valence-corrected chi connectivity index (χ3v) is 5.24. The van der Waals surface area contributed by atoms with Crippen molar-refractivity contribution in [2.24, 2.45) is 0 Å². The molecule has 6 nitrogen and oxygen atoms in total. The Hall–Kier alpha value is -1.24. The van der Waals surface area contributed by atoms with Crippen molar-refractivity contribution in [3.63, 3.8) is 0 Å². The lowest BCUT2D eigenvalue weighted by molar-refractivity contribution is -0.133. The second-order valence-electron chi connectivity index (χ2n) is 6.23. The van der Waals surface area contributed by atoms with E-state index in [9.17, 15) is 14.4 Å². The summed E-state index contributed by atoms with van der Waals surface area (Å²) in [7, 11) is 0. The van der Waals surface area contributed by atoms with Crippen molar-refractivity contribution in [3.05, 3.63) is 0 Å². The smallest absolute Gasteiger partial charge is 0.230 e. The third-order valence-electron chi connectivity index (χ3n) is 4.31. The van der Waals surface area contributed by atoms with Crippen LogP contribution in [-0.2, 0) is 14.4 Å². The Labute approximate surface area is 142 Å². The van der Waals surface area contributed by atoms with Gasteiger partial charge < -0.3 is 15.5 Å². The maximum Gasteiger partial charge on any atom is 0.230 e. The van der Waals surface area contributed by atoms with E-state index in [1.807, 2.05) is 4.90 Å². The molecule has 1 heterocycles. The van der Waals surface area contributed by atoms with E-state index >= 15 is 0 Å². The number of likely N-dealkylation sites (tertiary alicyclic amines) is 1. The van der Waals surface area contributed by atoms with Crippen molar-refractivity contribution in [2.75, 3.05) is 31.1 Å². The first-order valence-corrected chi connectivity index (χ1v) is 9.72. The number of amides is 3. The molecule has 0 atom stereocenters.